The summed E-state index contributed by atoms with van der Waals surface area (Å²) >= 11 is 1.10. The molecule has 31 heavy (non-hydrogen) atoms. The molecule has 0 fully saturated rings. The number of aryl methyl sites for hydroxylation is 1. The van der Waals surface area contributed by atoms with Gasteiger partial charge in [0, 0.05) is 43.4 Å². The van der Waals surface area contributed by atoms with Crippen molar-refractivity contribution >= 4 is 31.0 Å². The standard InChI is InChI=1S/C19H20N4O5S3/c1-12-3-5-14(6-4-12)31(27,28)19-20-9-13(29-19)10-23-8-7-16-15(11-23)17(24)22-18(21-16)30(2,25)26/h3-6,9H,7-8,10-11H2,1-2H3,(H,21,22,24). The smallest absolute Gasteiger partial charge is 0.256 e. The lowest BCUT2D eigenvalue weighted by Gasteiger charge is -2.26. The van der Waals surface area contributed by atoms with E-state index in [1.165, 1.54) is 6.20 Å². The minimum atomic E-state index is -3.68. The Morgan fingerprint density at radius 3 is 2.55 bits per heavy atom. The molecule has 0 radical (unpaired) electrons. The number of hydrogen-bond donors (Lipinski definition) is 1. The second-order valence-corrected chi connectivity index (χ2v) is 12.6. The Morgan fingerprint density at radius 2 is 1.87 bits per heavy atom. The van der Waals surface area contributed by atoms with Crippen molar-refractivity contribution in [3.05, 3.63) is 62.5 Å². The van der Waals surface area contributed by atoms with Crippen molar-refractivity contribution in [2.24, 2.45) is 0 Å². The number of aromatic nitrogens is 3. The van der Waals surface area contributed by atoms with E-state index < -0.39 is 25.2 Å². The Balaban J connectivity index is 1.53. The van der Waals surface area contributed by atoms with Crippen LogP contribution in [0.3, 0.4) is 0 Å². The summed E-state index contributed by atoms with van der Waals surface area (Å²) in [7, 11) is -7.28. The van der Waals surface area contributed by atoms with E-state index in [2.05, 4.69) is 15.0 Å². The van der Waals surface area contributed by atoms with E-state index in [-0.39, 0.29) is 14.4 Å². The molecule has 164 valence electrons. The van der Waals surface area contributed by atoms with Crippen molar-refractivity contribution in [3.8, 4) is 0 Å². The van der Waals surface area contributed by atoms with Crippen LogP contribution in [0.4, 0.5) is 0 Å². The van der Waals surface area contributed by atoms with Gasteiger partial charge in [-0.15, -0.1) is 11.3 Å². The summed E-state index contributed by atoms with van der Waals surface area (Å²) in [5, 5.41) is -0.321. The first-order chi connectivity index (χ1) is 14.5. The van der Waals surface area contributed by atoms with Crippen molar-refractivity contribution in [3.63, 3.8) is 0 Å². The maximum atomic E-state index is 12.8. The molecule has 12 heteroatoms. The van der Waals surface area contributed by atoms with E-state index >= 15 is 0 Å². The van der Waals surface area contributed by atoms with E-state index in [1.54, 1.807) is 24.3 Å². The van der Waals surface area contributed by atoms with Gasteiger partial charge in [-0.3, -0.25) is 14.7 Å². The Kier molecular flexibility index (Phi) is 5.58. The predicted molar refractivity (Wildman–Crippen MR) is 115 cm³/mol. The first-order valence-corrected chi connectivity index (χ1v) is 13.5. The molecule has 3 aromatic rings. The number of H-pyrrole nitrogens is 1. The number of sulfone groups is 2. The number of hydrogen-bond acceptors (Lipinski definition) is 9. The van der Waals surface area contributed by atoms with E-state index in [0.29, 0.717) is 37.3 Å². The molecule has 3 heterocycles. The molecule has 0 saturated heterocycles. The minimum absolute atomic E-state index is 0.0288. The third-order valence-corrected chi connectivity index (χ3v) is 8.99. The molecular formula is C19H20N4O5S3. The molecule has 0 spiro atoms. The molecule has 0 amide bonds. The maximum Gasteiger partial charge on any atom is 0.256 e. The largest absolute Gasteiger partial charge is 0.297 e. The summed E-state index contributed by atoms with van der Waals surface area (Å²) in [6.45, 7) is 3.16. The normalized spacial score (nSPS) is 15.0. The maximum absolute atomic E-state index is 12.8. The van der Waals surface area contributed by atoms with Gasteiger partial charge in [0.25, 0.3) is 5.56 Å². The summed E-state index contributed by atoms with van der Waals surface area (Å²) in [5.74, 6) is 0. The fourth-order valence-corrected chi connectivity index (χ4v) is 6.47. The highest BCUT2D eigenvalue weighted by Gasteiger charge is 2.26. The molecule has 4 rings (SSSR count). The van der Waals surface area contributed by atoms with Gasteiger partial charge in [-0.1, -0.05) is 17.7 Å². The zero-order chi connectivity index (χ0) is 22.4. The van der Waals surface area contributed by atoms with Gasteiger partial charge in [-0.25, -0.2) is 26.8 Å². The highest BCUT2D eigenvalue weighted by atomic mass is 32.2. The molecule has 0 bridgehead atoms. The summed E-state index contributed by atoms with van der Waals surface area (Å²) < 4.78 is 49.0. The lowest BCUT2D eigenvalue weighted by atomic mass is 10.1. The lowest BCUT2D eigenvalue weighted by Crippen LogP contribution is -2.36. The van der Waals surface area contributed by atoms with Crippen molar-refractivity contribution in [2.45, 2.75) is 40.8 Å². The third-order valence-electron chi connectivity index (χ3n) is 4.95. The second kappa shape index (κ2) is 7.93. The third kappa shape index (κ3) is 4.47. The van der Waals surface area contributed by atoms with Crippen molar-refractivity contribution in [1.82, 2.24) is 19.9 Å². The Bertz CT molecular complexity index is 1410. The van der Waals surface area contributed by atoms with Gasteiger partial charge in [0.15, 0.2) is 0 Å². The molecular weight excluding hydrogens is 460 g/mol. The van der Waals surface area contributed by atoms with Gasteiger partial charge in [-0.2, -0.15) is 0 Å². The van der Waals surface area contributed by atoms with Crippen molar-refractivity contribution in [1.29, 1.82) is 0 Å². The Morgan fingerprint density at radius 1 is 1.16 bits per heavy atom. The quantitative estimate of drug-likeness (QED) is 0.541. The van der Waals surface area contributed by atoms with E-state index in [0.717, 1.165) is 28.0 Å². The van der Waals surface area contributed by atoms with Crippen LogP contribution in [0.1, 0.15) is 21.7 Å². The molecule has 0 aliphatic carbocycles. The van der Waals surface area contributed by atoms with Crippen molar-refractivity contribution in [2.75, 3.05) is 12.8 Å². The average Bonchev–Trinajstić information content (AvgIpc) is 3.17. The Hall–Kier alpha value is -2.41. The topological polar surface area (TPSA) is 130 Å². The van der Waals surface area contributed by atoms with Crippen LogP contribution in [0.15, 0.2) is 49.6 Å². The molecule has 1 aliphatic heterocycles. The van der Waals surface area contributed by atoms with Gasteiger partial charge in [0.05, 0.1) is 16.2 Å². The highest BCUT2D eigenvalue weighted by Crippen LogP contribution is 2.27. The summed E-state index contributed by atoms with van der Waals surface area (Å²) in [6.07, 6.45) is 2.96. The van der Waals surface area contributed by atoms with Crippen LogP contribution in [-0.2, 0) is 39.2 Å². The molecule has 9 nitrogen and oxygen atoms in total. The fourth-order valence-electron chi connectivity index (χ4n) is 3.29. The number of aromatic amines is 1. The first kappa shape index (κ1) is 21.8. The molecule has 2 aromatic heterocycles. The van der Waals surface area contributed by atoms with Gasteiger partial charge < -0.3 is 0 Å². The van der Waals surface area contributed by atoms with Gasteiger partial charge in [0.2, 0.25) is 29.2 Å². The Labute approximate surface area is 183 Å². The molecule has 0 saturated carbocycles. The van der Waals surface area contributed by atoms with Crippen molar-refractivity contribution < 1.29 is 16.8 Å². The fraction of sp³-hybridized carbons (Fsp3) is 0.316. The highest BCUT2D eigenvalue weighted by molar-refractivity contribution is 7.93. The van der Waals surface area contributed by atoms with Crippen LogP contribution in [0, 0.1) is 6.92 Å². The molecule has 1 aliphatic rings. The van der Waals surface area contributed by atoms with Gasteiger partial charge >= 0.3 is 0 Å². The summed E-state index contributed by atoms with van der Waals surface area (Å²) in [6, 6.07) is 6.62. The minimum Gasteiger partial charge on any atom is -0.297 e. The first-order valence-electron chi connectivity index (χ1n) is 9.35. The van der Waals surface area contributed by atoms with E-state index in [4.69, 9.17) is 0 Å². The van der Waals surface area contributed by atoms with Crippen LogP contribution in [0.2, 0.25) is 0 Å². The second-order valence-electron chi connectivity index (χ2n) is 7.44. The van der Waals surface area contributed by atoms with Crippen LogP contribution < -0.4 is 5.56 Å². The number of benzene rings is 1. The number of nitrogens with zero attached hydrogens (tertiary/aromatic N) is 3. The zero-order valence-electron chi connectivity index (χ0n) is 16.8. The average molecular weight is 481 g/mol. The molecule has 0 unspecified atom stereocenters. The number of rotatable bonds is 5. The number of thiazole rings is 1. The van der Waals surface area contributed by atoms with Gasteiger partial charge in [0.1, 0.15) is 0 Å². The van der Waals surface area contributed by atoms with Crippen LogP contribution >= 0.6 is 11.3 Å². The zero-order valence-corrected chi connectivity index (χ0v) is 19.3. The monoisotopic (exact) mass is 480 g/mol. The van der Waals surface area contributed by atoms with Crippen LogP contribution in [0.25, 0.3) is 0 Å². The van der Waals surface area contributed by atoms with Crippen LogP contribution in [0.5, 0.6) is 0 Å². The van der Waals surface area contributed by atoms with E-state index in [9.17, 15) is 21.6 Å². The number of fused-ring (bicyclic) bond motifs is 1. The summed E-state index contributed by atoms with van der Waals surface area (Å²) in [4.78, 5) is 25.9. The van der Waals surface area contributed by atoms with Crippen LogP contribution in [-0.4, -0.2) is 49.5 Å². The van der Waals surface area contributed by atoms with Gasteiger partial charge in [-0.05, 0) is 19.1 Å². The predicted octanol–water partition coefficient (Wildman–Crippen LogP) is 1.33. The molecule has 1 aromatic carbocycles. The molecule has 0 atom stereocenters. The molecule has 1 N–H and O–H groups in total. The SMILES string of the molecule is Cc1ccc(S(=O)(=O)c2ncc(CN3CCc4nc(S(C)(=O)=O)[nH]c(=O)c4C3)s2)cc1. The lowest BCUT2D eigenvalue weighted by molar-refractivity contribution is 0.243. The number of nitrogens with one attached hydrogen (secondary N) is 1. The van der Waals surface area contributed by atoms with E-state index in [1.807, 2.05) is 11.8 Å². The summed E-state index contributed by atoms with van der Waals surface area (Å²) in [5.41, 5.74) is 1.40.